The van der Waals surface area contributed by atoms with Gasteiger partial charge in [-0.05, 0) is 36.5 Å². The van der Waals surface area contributed by atoms with Crippen molar-refractivity contribution in [2.75, 3.05) is 24.5 Å². The highest BCUT2D eigenvalue weighted by Crippen LogP contribution is 2.27. The highest BCUT2D eigenvalue weighted by Gasteiger charge is 2.22. The van der Waals surface area contributed by atoms with Crippen LogP contribution in [0.25, 0.3) is 0 Å². The molecule has 1 saturated heterocycles. The third-order valence-corrected chi connectivity index (χ3v) is 5.14. The van der Waals surface area contributed by atoms with Gasteiger partial charge in [0.25, 0.3) is 0 Å². The van der Waals surface area contributed by atoms with Crippen LogP contribution in [-0.4, -0.2) is 35.7 Å². The zero-order valence-electron chi connectivity index (χ0n) is 13.7. The molecule has 1 fully saturated rings. The van der Waals surface area contributed by atoms with E-state index in [1.54, 1.807) is 30.4 Å². The van der Waals surface area contributed by atoms with Gasteiger partial charge >= 0.3 is 0 Å². The molecule has 1 aliphatic heterocycles. The van der Waals surface area contributed by atoms with Gasteiger partial charge in [0, 0.05) is 33.0 Å². The summed E-state index contributed by atoms with van der Waals surface area (Å²) < 4.78 is 13.0. The zero-order chi connectivity index (χ0) is 16.9. The van der Waals surface area contributed by atoms with Gasteiger partial charge in [-0.3, -0.25) is 4.79 Å². The quantitative estimate of drug-likeness (QED) is 0.902. The van der Waals surface area contributed by atoms with E-state index >= 15 is 0 Å². The summed E-state index contributed by atoms with van der Waals surface area (Å²) >= 11 is 1.59. The maximum absolute atomic E-state index is 13.0. The molecule has 24 heavy (non-hydrogen) atoms. The minimum Gasteiger partial charge on any atom is -0.356 e. The number of rotatable bonds is 5. The van der Waals surface area contributed by atoms with Crippen molar-refractivity contribution in [2.45, 2.75) is 26.2 Å². The highest BCUT2D eigenvalue weighted by atomic mass is 32.1. The van der Waals surface area contributed by atoms with Crippen molar-refractivity contribution in [1.29, 1.82) is 0 Å². The van der Waals surface area contributed by atoms with Crippen molar-refractivity contribution in [3.05, 3.63) is 40.7 Å². The number of nitrogens with zero attached hydrogens (tertiary/aromatic N) is 3. The Hall–Kier alpha value is -2.02. The summed E-state index contributed by atoms with van der Waals surface area (Å²) in [7, 11) is 0. The van der Waals surface area contributed by atoms with Crippen molar-refractivity contribution in [3.8, 4) is 0 Å². The maximum atomic E-state index is 13.0. The lowest BCUT2D eigenvalue weighted by atomic mass is 9.98. The van der Waals surface area contributed by atoms with Crippen LogP contribution in [0.4, 0.5) is 9.52 Å². The van der Waals surface area contributed by atoms with E-state index in [-0.39, 0.29) is 11.7 Å². The van der Waals surface area contributed by atoms with Gasteiger partial charge in [0.15, 0.2) is 0 Å². The van der Waals surface area contributed by atoms with Crippen molar-refractivity contribution in [2.24, 2.45) is 5.92 Å². The van der Waals surface area contributed by atoms with Crippen LogP contribution in [0.15, 0.2) is 24.3 Å². The number of piperidine rings is 1. The van der Waals surface area contributed by atoms with Gasteiger partial charge in [-0.1, -0.05) is 23.5 Å². The first-order chi connectivity index (χ1) is 11.6. The van der Waals surface area contributed by atoms with Gasteiger partial charge in [0.05, 0.1) is 0 Å². The first-order valence-corrected chi connectivity index (χ1v) is 8.98. The Kier molecular flexibility index (Phi) is 5.40. The van der Waals surface area contributed by atoms with E-state index in [1.807, 2.05) is 0 Å². The van der Waals surface area contributed by atoms with E-state index in [4.69, 9.17) is 0 Å². The lowest BCUT2D eigenvalue weighted by Crippen LogP contribution is -2.40. The third kappa shape index (κ3) is 4.50. The zero-order valence-corrected chi connectivity index (χ0v) is 14.5. The fraction of sp³-hybridized carbons (Fsp3) is 0.471. The molecule has 2 aromatic rings. The molecule has 0 saturated carbocycles. The van der Waals surface area contributed by atoms with Crippen LogP contribution < -0.4 is 10.2 Å². The monoisotopic (exact) mass is 348 g/mol. The number of halogens is 1. The molecule has 3 rings (SSSR count). The Morgan fingerprint density at radius 2 is 2.17 bits per heavy atom. The van der Waals surface area contributed by atoms with Crippen LogP contribution in [0.1, 0.15) is 30.3 Å². The van der Waals surface area contributed by atoms with Crippen LogP contribution in [0.3, 0.4) is 0 Å². The topological polar surface area (TPSA) is 58.1 Å². The van der Waals surface area contributed by atoms with Crippen molar-refractivity contribution in [1.82, 2.24) is 15.5 Å². The molecular formula is C17H21FN4OS. The number of benzene rings is 1. The maximum Gasteiger partial charge on any atom is 0.216 e. The van der Waals surface area contributed by atoms with E-state index in [0.29, 0.717) is 18.9 Å². The summed E-state index contributed by atoms with van der Waals surface area (Å²) in [4.78, 5) is 13.3. The van der Waals surface area contributed by atoms with Gasteiger partial charge in [0.2, 0.25) is 11.0 Å². The Morgan fingerprint density at radius 3 is 2.92 bits per heavy atom. The predicted octanol–water partition coefficient (Wildman–Crippen LogP) is 2.62. The second-order valence-corrected chi connectivity index (χ2v) is 7.21. The minimum absolute atomic E-state index is 0.0182. The number of carbonyl (C=O) groups is 1. The van der Waals surface area contributed by atoms with Crippen LogP contribution in [0, 0.1) is 11.7 Å². The Bertz CT molecular complexity index is 688. The number of anilines is 1. The molecule has 1 aliphatic rings. The second kappa shape index (κ2) is 7.70. The first-order valence-electron chi connectivity index (χ1n) is 8.16. The number of hydrogen-bond acceptors (Lipinski definition) is 5. The Balaban J connectivity index is 1.60. The number of amides is 1. The standard InChI is InChI=1S/C17H21FN4OS/c1-12(23)19-10-14-3-2-8-22(11-14)17-21-20-16(24-17)9-13-4-6-15(18)7-5-13/h4-7,14H,2-3,8-11H2,1H3,(H,19,23). The van der Waals surface area contributed by atoms with Crippen molar-refractivity contribution < 1.29 is 9.18 Å². The molecule has 0 aliphatic carbocycles. The second-order valence-electron chi connectivity index (χ2n) is 6.17. The fourth-order valence-electron chi connectivity index (χ4n) is 2.91. The molecule has 0 bridgehead atoms. The fourth-order valence-corrected chi connectivity index (χ4v) is 3.82. The molecule has 7 heteroatoms. The molecule has 128 valence electrons. The van der Waals surface area contributed by atoms with E-state index in [9.17, 15) is 9.18 Å². The average Bonchev–Trinajstić information content (AvgIpc) is 3.04. The summed E-state index contributed by atoms with van der Waals surface area (Å²) in [5, 5.41) is 13.4. The SMILES string of the molecule is CC(=O)NCC1CCCN(c2nnc(Cc3ccc(F)cc3)s2)C1. The molecule has 0 spiro atoms. The van der Waals surface area contributed by atoms with Gasteiger partial charge in [0.1, 0.15) is 10.8 Å². The summed E-state index contributed by atoms with van der Waals surface area (Å²) in [6.07, 6.45) is 2.89. The largest absolute Gasteiger partial charge is 0.356 e. The molecule has 1 aromatic heterocycles. The summed E-state index contributed by atoms with van der Waals surface area (Å²) in [6, 6.07) is 6.49. The van der Waals surface area contributed by atoms with Gasteiger partial charge < -0.3 is 10.2 Å². The van der Waals surface area contributed by atoms with Crippen LogP contribution in [0.5, 0.6) is 0 Å². The predicted molar refractivity (Wildman–Crippen MR) is 92.7 cm³/mol. The summed E-state index contributed by atoms with van der Waals surface area (Å²) in [5.41, 5.74) is 1.03. The molecule has 1 atom stereocenters. The lowest BCUT2D eigenvalue weighted by Gasteiger charge is -2.32. The Morgan fingerprint density at radius 1 is 1.38 bits per heavy atom. The first kappa shape index (κ1) is 16.8. The normalized spacial score (nSPS) is 17.8. The summed E-state index contributed by atoms with van der Waals surface area (Å²) in [5.74, 6) is 0.243. The van der Waals surface area contributed by atoms with Crippen LogP contribution in [0.2, 0.25) is 0 Å². The van der Waals surface area contributed by atoms with E-state index in [2.05, 4.69) is 20.4 Å². The number of hydrogen-bond donors (Lipinski definition) is 1. The number of aromatic nitrogens is 2. The molecule has 2 heterocycles. The van der Waals surface area contributed by atoms with Crippen molar-refractivity contribution in [3.63, 3.8) is 0 Å². The van der Waals surface area contributed by atoms with Gasteiger partial charge in [-0.15, -0.1) is 10.2 Å². The van der Waals surface area contributed by atoms with E-state index in [0.717, 1.165) is 41.6 Å². The van der Waals surface area contributed by atoms with E-state index < -0.39 is 0 Å². The molecule has 1 aromatic carbocycles. The molecule has 1 amide bonds. The molecular weight excluding hydrogens is 327 g/mol. The highest BCUT2D eigenvalue weighted by molar-refractivity contribution is 7.15. The van der Waals surface area contributed by atoms with E-state index in [1.165, 1.54) is 12.1 Å². The number of nitrogens with one attached hydrogen (secondary N) is 1. The average molecular weight is 348 g/mol. The third-order valence-electron chi connectivity index (χ3n) is 4.15. The molecule has 5 nitrogen and oxygen atoms in total. The summed E-state index contributed by atoms with van der Waals surface area (Å²) in [6.45, 7) is 4.13. The Labute approximate surface area is 144 Å². The number of carbonyl (C=O) groups excluding carboxylic acids is 1. The van der Waals surface area contributed by atoms with Crippen LogP contribution >= 0.6 is 11.3 Å². The van der Waals surface area contributed by atoms with Gasteiger partial charge in [-0.2, -0.15) is 0 Å². The minimum atomic E-state index is -0.227. The smallest absolute Gasteiger partial charge is 0.216 e. The van der Waals surface area contributed by atoms with Crippen LogP contribution in [-0.2, 0) is 11.2 Å². The molecule has 1 unspecified atom stereocenters. The lowest BCUT2D eigenvalue weighted by molar-refractivity contribution is -0.119. The molecule has 0 radical (unpaired) electrons. The van der Waals surface area contributed by atoms with Gasteiger partial charge in [-0.25, -0.2) is 4.39 Å². The van der Waals surface area contributed by atoms with Crippen molar-refractivity contribution >= 4 is 22.4 Å². The molecule has 1 N–H and O–H groups in total.